The standard InChI is InChI=1S/C20H24ClN6O2/c1-20(2,3)14-11-26-15-16(24(4)19(29)25(5)17(15)28)22-18(26)27(23-14)10-12-6-8-13(21)9-7-12/h6-9,15H,10-11H2,1-5H3/q+1. The number of halogens is 1. The van der Waals surface area contributed by atoms with E-state index in [-0.39, 0.29) is 17.4 Å². The fourth-order valence-electron chi connectivity index (χ4n) is 3.59. The summed E-state index contributed by atoms with van der Waals surface area (Å²) in [6, 6.07) is 6.55. The Labute approximate surface area is 174 Å². The van der Waals surface area contributed by atoms with Crippen LogP contribution in [0.1, 0.15) is 26.3 Å². The summed E-state index contributed by atoms with van der Waals surface area (Å²) in [6.07, 6.45) is 0. The van der Waals surface area contributed by atoms with Gasteiger partial charge in [0.2, 0.25) is 11.9 Å². The number of carbonyl (C=O) groups excluding carboxylic acids is 2. The molecule has 4 rings (SSSR count). The van der Waals surface area contributed by atoms with E-state index in [4.69, 9.17) is 16.7 Å². The van der Waals surface area contributed by atoms with Crippen molar-refractivity contribution < 1.29 is 14.2 Å². The molecule has 29 heavy (non-hydrogen) atoms. The summed E-state index contributed by atoms with van der Waals surface area (Å²) < 4.78 is 1.95. The largest absolute Gasteiger partial charge is 0.417 e. The van der Waals surface area contributed by atoms with Crippen molar-refractivity contribution in [3.05, 3.63) is 34.9 Å². The van der Waals surface area contributed by atoms with Crippen LogP contribution in [0.4, 0.5) is 4.79 Å². The Hall–Kier alpha value is -2.74. The normalized spacial score (nSPS) is 22.0. The van der Waals surface area contributed by atoms with Crippen LogP contribution in [0.15, 0.2) is 34.4 Å². The van der Waals surface area contributed by atoms with Crippen molar-refractivity contribution in [3.8, 4) is 0 Å². The van der Waals surface area contributed by atoms with Gasteiger partial charge in [0, 0.05) is 24.5 Å². The first-order valence-corrected chi connectivity index (χ1v) is 9.83. The number of urea groups is 1. The van der Waals surface area contributed by atoms with E-state index in [9.17, 15) is 9.59 Å². The number of hydrogen-bond donors (Lipinski definition) is 0. The zero-order valence-electron chi connectivity index (χ0n) is 17.2. The van der Waals surface area contributed by atoms with Crippen molar-refractivity contribution >= 4 is 41.0 Å². The number of imide groups is 1. The second-order valence-electron chi connectivity index (χ2n) is 8.52. The fourth-order valence-corrected chi connectivity index (χ4v) is 3.72. The number of likely N-dealkylation sites (N-methyl/N-ethyl adjacent to an activating group) is 2. The maximum Gasteiger partial charge on any atom is 0.417 e. The zero-order valence-corrected chi connectivity index (χ0v) is 17.9. The SMILES string of the molecule is CN1C(=O)C2C(=NC3=[N+]2CC(C(C)(C)C)=NN3Cc2ccc(Cl)cc2)N(C)C1=O. The molecule has 3 aliphatic heterocycles. The number of carbonyl (C=O) groups is 2. The van der Waals surface area contributed by atoms with Gasteiger partial charge in [0.05, 0.1) is 5.71 Å². The minimum absolute atomic E-state index is 0.183. The molecular weight excluding hydrogens is 392 g/mol. The van der Waals surface area contributed by atoms with Crippen LogP contribution in [-0.2, 0) is 11.3 Å². The molecule has 0 aliphatic carbocycles. The molecule has 1 aromatic rings. The molecule has 1 atom stereocenters. The Morgan fingerprint density at radius 3 is 2.41 bits per heavy atom. The number of benzene rings is 1. The Kier molecular flexibility index (Phi) is 4.49. The molecule has 0 saturated carbocycles. The molecule has 0 bridgehead atoms. The number of guanidine groups is 1. The third kappa shape index (κ3) is 3.21. The van der Waals surface area contributed by atoms with Gasteiger partial charge < -0.3 is 0 Å². The molecule has 1 aromatic carbocycles. The van der Waals surface area contributed by atoms with Gasteiger partial charge in [-0.05, 0) is 17.7 Å². The molecule has 1 fully saturated rings. The minimum atomic E-state index is -0.627. The number of fused-ring (bicyclic) bond motifs is 2. The molecule has 0 N–H and O–H groups in total. The van der Waals surface area contributed by atoms with E-state index in [1.165, 1.54) is 11.9 Å². The van der Waals surface area contributed by atoms with E-state index < -0.39 is 6.04 Å². The van der Waals surface area contributed by atoms with E-state index >= 15 is 0 Å². The van der Waals surface area contributed by atoms with Crippen molar-refractivity contribution in [1.29, 1.82) is 0 Å². The predicted molar refractivity (Wildman–Crippen MR) is 111 cm³/mol. The molecule has 9 heteroatoms. The van der Waals surface area contributed by atoms with Gasteiger partial charge in [-0.15, -0.1) is 10.1 Å². The summed E-state index contributed by atoms with van der Waals surface area (Å²) >= 11 is 6.01. The summed E-state index contributed by atoms with van der Waals surface area (Å²) in [6.45, 7) is 7.25. The predicted octanol–water partition coefficient (Wildman–Crippen LogP) is 2.23. The minimum Gasteiger partial charge on any atom is -0.270 e. The van der Waals surface area contributed by atoms with Gasteiger partial charge >= 0.3 is 12.0 Å². The first kappa shape index (κ1) is 19.6. The van der Waals surface area contributed by atoms with Gasteiger partial charge in [0.1, 0.15) is 13.1 Å². The lowest BCUT2D eigenvalue weighted by Gasteiger charge is -2.33. The van der Waals surface area contributed by atoms with Crippen molar-refractivity contribution in [2.75, 3.05) is 20.6 Å². The van der Waals surface area contributed by atoms with Crippen molar-refractivity contribution in [2.24, 2.45) is 15.5 Å². The third-order valence-corrected chi connectivity index (χ3v) is 5.67. The Morgan fingerprint density at radius 2 is 1.79 bits per heavy atom. The number of rotatable bonds is 2. The van der Waals surface area contributed by atoms with Crippen LogP contribution in [0.25, 0.3) is 0 Å². The Morgan fingerprint density at radius 1 is 1.14 bits per heavy atom. The lowest BCUT2D eigenvalue weighted by atomic mass is 9.89. The third-order valence-electron chi connectivity index (χ3n) is 5.41. The molecule has 1 saturated heterocycles. The molecule has 8 nitrogen and oxygen atoms in total. The van der Waals surface area contributed by atoms with Crippen molar-refractivity contribution in [3.63, 3.8) is 0 Å². The van der Waals surface area contributed by atoms with Crippen LogP contribution in [-0.4, -0.2) is 75.5 Å². The van der Waals surface area contributed by atoms with Crippen LogP contribution in [0.2, 0.25) is 5.02 Å². The highest BCUT2D eigenvalue weighted by atomic mass is 35.5. The van der Waals surface area contributed by atoms with Crippen LogP contribution in [0.3, 0.4) is 0 Å². The quantitative estimate of drug-likeness (QED) is 0.695. The second-order valence-corrected chi connectivity index (χ2v) is 8.96. The second kappa shape index (κ2) is 6.66. The lowest BCUT2D eigenvalue weighted by Crippen LogP contribution is -2.62. The summed E-state index contributed by atoms with van der Waals surface area (Å²) in [4.78, 5) is 32.6. The molecule has 0 aromatic heterocycles. The van der Waals surface area contributed by atoms with E-state index in [0.717, 1.165) is 16.2 Å². The maximum absolute atomic E-state index is 12.9. The highest BCUT2D eigenvalue weighted by Crippen LogP contribution is 2.27. The highest BCUT2D eigenvalue weighted by molar-refractivity contribution is 6.30. The van der Waals surface area contributed by atoms with Gasteiger partial charge in [-0.2, -0.15) is 0 Å². The van der Waals surface area contributed by atoms with E-state index in [0.29, 0.717) is 29.9 Å². The number of aliphatic imine (C=N–C) groups is 1. The van der Waals surface area contributed by atoms with Gasteiger partial charge in [0.25, 0.3) is 5.91 Å². The van der Waals surface area contributed by atoms with E-state index in [2.05, 4.69) is 25.8 Å². The molecule has 3 heterocycles. The maximum atomic E-state index is 12.9. The number of amides is 3. The molecule has 3 aliphatic rings. The van der Waals surface area contributed by atoms with Crippen molar-refractivity contribution in [2.45, 2.75) is 33.4 Å². The van der Waals surface area contributed by atoms with E-state index in [1.807, 2.05) is 33.8 Å². The van der Waals surface area contributed by atoms with Crippen LogP contribution in [0.5, 0.6) is 0 Å². The monoisotopic (exact) mass is 415 g/mol. The first-order chi connectivity index (χ1) is 13.6. The lowest BCUT2D eigenvalue weighted by molar-refractivity contribution is -0.528. The van der Waals surface area contributed by atoms with Crippen LogP contribution in [0, 0.1) is 5.41 Å². The smallest absolute Gasteiger partial charge is 0.270 e. The van der Waals surface area contributed by atoms with Crippen LogP contribution >= 0.6 is 11.6 Å². The summed E-state index contributed by atoms with van der Waals surface area (Å²) in [7, 11) is 3.15. The summed E-state index contributed by atoms with van der Waals surface area (Å²) in [5, 5.41) is 7.34. The Bertz CT molecular complexity index is 989. The number of hydrazone groups is 1. The van der Waals surface area contributed by atoms with Crippen molar-refractivity contribution in [1.82, 2.24) is 14.8 Å². The first-order valence-electron chi connectivity index (χ1n) is 9.45. The molecule has 0 spiro atoms. The molecule has 0 radical (unpaired) electrons. The number of nitrogens with zero attached hydrogens (tertiary/aromatic N) is 6. The molecule has 1 unspecified atom stereocenters. The molecule has 152 valence electrons. The molecule has 3 amide bonds. The number of hydrogen-bond acceptors (Lipinski definition) is 5. The van der Waals surface area contributed by atoms with Gasteiger partial charge in [-0.1, -0.05) is 49.5 Å². The fraction of sp³-hybridized carbons (Fsp3) is 0.450. The topological polar surface area (TPSA) is 71.6 Å². The van der Waals surface area contributed by atoms with E-state index in [1.54, 1.807) is 7.05 Å². The Balaban J connectivity index is 1.77. The average Bonchev–Trinajstić information content (AvgIpc) is 3.06. The number of amidine groups is 1. The molecular formula is C20H24ClN6O2+. The van der Waals surface area contributed by atoms with Crippen LogP contribution < -0.4 is 0 Å². The summed E-state index contributed by atoms with van der Waals surface area (Å²) in [5.74, 6) is 0.749. The highest BCUT2D eigenvalue weighted by Gasteiger charge is 2.54. The average molecular weight is 416 g/mol. The van der Waals surface area contributed by atoms with Gasteiger partial charge in [-0.25, -0.2) is 9.37 Å². The summed E-state index contributed by atoms with van der Waals surface area (Å²) in [5.41, 5.74) is 1.78. The van der Waals surface area contributed by atoms with Gasteiger partial charge in [-0.3, -0.25) is 14.6 Å². The zero-order chi connectivity index (χ0) is 21.1. The van der Waals surface area contributed by atoms with Gasteiger partial charge in [0.15, 0.2) is 0 Å².